The second-order valence-electron chi connectivity index (χ2n) is 3.54. The predicted octanol–water partition coefficient (Wildman–Crippen LogP) is 1.41. The lowest BCUT2D eigenvalue weighted by molar-refractivity contribution is 0.602. The average molecular weight is 272 g/mol. The molecule has 0 aliphatic rings. The smallest absolute Gasteiger partial charge is 0.175 e. The Hall–Kier alpha value is -1.40. The van der Waals surface area contributed by atoms with Gasteiger partial charge in [0.1, 0.15) is 0 Å². The van der Waals surface area contributed by atoms with Crippen molar-refractivity contribution in [2.75, 3.05) is 6.26 Å². The zero-order valence-electron chi connectivity index (χ0n) is 9.04. The lowest BCUT2D eigenvalue weighted by Gasteiger charge is -2.04. The third-order valence-corrected chi connectivity index (χ3v) is 3.67. The van der Waals surface area contributed by atoms with Crippen molar-refractivity contribution in [1.82, 2.24) is 15.0 Å². The third kappa shape index (κ3) is 2.48. The Morgan fingerprint density at radius 1 is 1.29 bits per heavy atom. The van der Waals surface area contributed by atoms with Gasteiger partial charge < -0.3 is 0 Å². The van der Waals surface area contributed by atoms with Crippen LogP contribution in [0.25, 0.3) is 5.69 Å². The molecular formula is C10H10ClN3O2S. The van der Waals surface area contributed by atoms with Gasteiger partial charge in [0.25, 0.3) is 0 Å². The molecule has 0 unspecified atom stereocenters. The van der Waals surface area contributed by atoms with E-state index in [0.717, 1.165) is 11.4 Å². The molecule has 0 N–H and O–H groups in total. The van der Waals surface area contributed by atoms with E-state index in [0.29, 0.717) is 5.88 Å². The molecule has 1 heterocycles. The Bertz CT molecular complexity index is 619. The van der Waals surface area contributed by atoms with Crippen LogP contribution in [0.4, 0.5) is 0 Å². The first kappa shape index (κ1) is 12.1. The average Bonchev–Trinajstić information content (AvgIpc) is 2.76. The van der Waals surface area contributed by atoms with Crippen molar-refractivity contribution < 1.29 is 8.42 Å². The molecule has 7 heteroatoms. The summed E-state index contributed by atoms with van der Waals surface area (Å²) >= 11 is 5.73. The molecule has 1 aromatic heterocycles. The first-order valence-electron chi connectivity index (χ1n) is 4.78. The van der Waals surface area contributed by atoms with Crippen LogP contribution in [0, 0.1) is 0 Å². The van der Waals surface area contributed by atoms with Crippen molar-refractivity contribution in [2.24, 2.45) is 0 Å². The Morgan fingerprint density at radius 2 is 1.94 bits per heavy atom. The van der Waals surface area contributed by atoms with E-state index < -0.39 is 9.84 Å². The predicted molar refractivity (Wildman–Crippen MR) is 64.0 cm³/mol. The topological polar surface area (TPSA) is 64.8 Å². The van der Waals surface area contributed by atoms with Crippen LogP contribution >= 0.6 is 11.6 Å². The maximum atomic E-state index is 11.3. The van der Waals surface area contributed by atoms with Crippen LogP contribution in [0.3, 0.4) is 0 Å². The van der Waals surface area contributed by atoms with Gasteiger partial charge in [-0.15, -0.1) is 16.7 Å². The summed E-state index contributed by atoms with van der Waals surface area (Å²) in [5.74, 6) is 0.292. The number of halogens is 1. The minimum Gasteiger partial charge on any atom is -0.224 e. The summed E-state index contributed by atoms with van der Waals surface area (Å²) in [6.45, 7) is 0. The highest BCUT2D eigenvalue weighted by Gasteiger charge is 2.09. The molecule has 0 amide bonds. The van der Waals surface area contributed by atoms with Crippen LogP contribution in [-0.4, -0.2) is 29.7 Å². The van der Waals surface area contributed by atoms with Crippen molar-refractivity contribution in [3.8, 4) is 5.69 Å². The van der Waals surface area contributed by atoms with E-state index in [1.807, 2.05) is 0 Å². The van der Waals surface area contributed by atoms with E-state index >= 15 is 0 Å². The summed E-state index contributed by atoms with van der Waals surface area (Å²) in [4.78, 5) is 0.272. The molecule has 0 saturated heterocycles. The van der Waals surface area contributed by atoms with E-state index in [1.165, 1.54) is 18.4 Å². The van der Waals surface area contributed by atoms with Crippen molar-refractivity contribution in [3.05, 3.63) is 36.2 Å². The molecule has 0 spiro atoms. The normalized spacial score (nSPS) is 11.6. The van der Waals surface area contributed by atoms with Crippen LogP contribution in [0.1, 0.15) is 5.69 Å². The van der Waals surface area contributed by atoms with Gasteiger partial charge in [0.15, 0.2) is 9.84 Å². The third-order valence-electron chi connectivity index (χ3n) is 2.27. The van der Waals surface area contributed by atoms with Crippen molar-refractivity contribution in [1.29, 1.82) is 0 Å². The number of benzene rings is 1. The van der Waals surface area contributed by atoms with Crippen LogP contribution in [0.5, 0.6) is 0 Å². The maximum absolute atomic E-state index is 11.3. The summed E-state index contributed by atoms with van der Waals surface area (Å²) in [7, 11) is -3.18. The number of alkyl halides is 1. The van der Waals surface area contributed by atoms with Crippen LogP contribution in [0.15, 0.2) is 35.4 Å². The van der Waals surface area contributed by atoms with Crippen molar-refractivity contribution in [2.45, 2.75) is 10.8 Å². The van der Waals surface area contributed by atoms with Crippen molar-refractivity contribution >= 4 is 21.4 Å². The highest BCUT2D eigenvalue weighted by atomic mass is 35.5. The Labute approximate surface area is 104 Å². The molecule has 0 radical (unpaired) electrons. The highest BCUT2D eigenvalue weighted by molar-refractivity contribution is 7.90. The fourth-order valence-corrected chi connectivity index (χ4v) is 2.21. The standard InChI is InChI=1S/C10H10ClN3O2S/c1-17(15,16)10-4-2-8(3-5-10)14-9(6-11)7-12-13-14/h2-5,7H,6H2,1H3. The van der Waals surface area contributed by atoms with Gasteiger partial charge in [-0.3, -0.25) is 0 Å². The van der Waals surface area contributed by atoms with Gasteiger partial charge in [0.05, 0.1) is 28.4 Å². The monoisotopic (exact) mass is 271 g/mol. The van der Waals surface area contributed by atoms with E-state index in [4.69, 9.17) is 11.6 Å². The summed E-state index contributed by atoms with van der Waals surface area (Å²) in [6, 6.07) is 6.40. The Balaban J connectivity index is 2.43. The van der Waals surface area contributed by atoms with E-state index in [2.05, 4.69) is 10.3 Å². The Kier molecular flexibility index (Phi) is 3.17. The molecule has 5 nitrogen and oxygen atoms in total. The SMILES string of the molecule is CS(=O)(=O)c1ccc(-n2nncc2CCl)cc1. The fourth-order valence-electron chi connectivity index (χ4n) is 1.40. The molecule has 17 heavy (non-hydrogen) atoms. The second-order valence-corrected chi connectivity index (χ2v) is 5.82. The molecule has 0 aliphatic heterocycles. The molecule has 0 atom stereocenters. The summed E-state index contributed by atoms with van der Waals surface area (Å²) < 4.78 is 24.2. The molecule has 1 aromatic carbocycles. The molecule has 90 valence electrons. The van der Waals surface area contributed by atoms with E-state index in [9.17, 15) is 8.42 Å². The zero-order valence-corrected chi connectivity index (χ0v) is 10.6. The van der Waals surface area contributed by atoms with Gasteiger partial charge in [0, 0.05) is 6.26 Å². The van der Waals surface area contributed by atoms with Gasteiger partial charge in [-0.1, -0.05) is 5.21 Å². The number of nitrogens with zero attached hydrogens (tertiary/aromatic N) is 3. The number of aromatic nitrogens is 3. The van der Waals surface area contributed by atoms with Gasteiger partial charge in [-0.25, -0.2) is 13.1 Å². The molecule has 0 bridgehead atoms. The van der Waals surface area contributed by atoms with Gasteiger partial charge in [-0.2, -0.15) is 0 Å². The molecule has 0 fully saturated rings. The highest BCUT2D eigenvalue weighted by Crippen LogP contribution is 2.15. The van der Waals surface area contributed by atoms with Crippen LogP contribution in [-0.2, 0) is 15.7 Å². The minimum absolute atomic E-state index is 0.272. The van der Waals surface area contributed by atoms with Gasteiger partial charge in [-0.05, 0) is 24.3 Å². The van der Waals surface area contributed by atoms with E-state index in [1.54, 1.807) is 23.0 Å². The van der Waals surface area contributed by atoms with Gasteiger partial charge in [0.2, 0.25) is 0 Å². The minimum atomic E-state index is -3.18. The molecule has 0 saturated carbocycles. The number of hydrogen-bond acceptors (Lipinski definition) is 4. The van der Waals surface area contributed by atoms with Gasteiger partial charge >= 0.3 is 0 Å². The number of rotatable bonds is 3. The summed E-state index contributed by atoms with van der Waals surface area (Å²) in [5.41, 5.74) is 1.48. The Morgan fingerprint density at radius 3 is 2.47 bits per heavy atom. The first-order chi connectivity index (χ1) is 8.02. The second kappa shape index (κ2) is 4.46. The molecular weight excluding hydrogens is 262 g/mol. The lowest BCUT2D eigenvalue weighted by atomic mass is 10.3. The van der Waals surface area contributed by atoms with Crippen LogP contribution in [0.2, 0.25) is 0 Å². The van der Waals surface area contributed by atoms with Crippen LogP contribution < -0.4 is 0 Å². The largest absolute Gasteiger partial charge is 0.224 e. The van der Waals surface area contributed by atoms with E-state index in [-0.39, 0.29) is 4.90 Å². The quantitative estimate of drug-likeness (QED) is 0.792. The fraction of sp³-hybridized carbons (Fsp3) is 0.200. The number of sulfone groups is 1. The zero-order chi connectivity index (χ0) is 12.5. The van der Waals surface area contributed by atoms with Crippen molar-refractivity contribution in [3.63, 3.8) is 0 Å². The lowest BCUT2D eigenvalue weighted by Crippen LogP contribution is -2.02. The molecule has 2 rings (SSSR count). The maximum Gasteiger partial charge on any atom is 0.175 e. The summed E-state index contributed by atoms with van der Waals surface area (Å²) in [5, 5.41) is 7.63. The molecule has 0 aliphatic carbocycles. The first-order valence-corrected chi connectivity index (χ1v) is 7.21. The number of hydrogen-bond donors (Lipinski definition) is 0. The molecule has 2 aromatic rings. The summed E-state index contributed by atoms with van der Waals surface area (Å²) in [6.07, 6.45) is 2.74.